The van der Waals surface area contributed by atoms with Gasteiger partial charge in [-0.3, -0.25) is 9.69 Å². The van der Waals surface area contributed by atoms with Gasteiger partial charge in [0.05, 0.1) is 6.10 Å². The molecule has 29 heavy (non-hydrogen) atoms. The zero-order valence-electron chi connectivity index (χ0n) is 17.2. The van der Waals surface area contributed by atoms with E-state index in [1.54, 1.807) is 0 Å². The van der Waals surface area contributed by atoms with Gasteiger partial charge in [0.25, 0.3) is 5.91 Å². The number of carbonyl (C=O) groups is 1. The topological polar surface area (TPSA) is 42.0 Å². The molecule has 1 atom stereocenters. The number of nitrogens with zero attached hydrogens (tertiary/aromatic N) is 2. The molecule has 2 aromatic carbocycles. The summed E-state index contributed by atoms with van der Waals surface area (Å²) < 4.78 is 11.5. The van der Waals surface area contributed by atoms with E-state index in [4.69, 9.17) is 9.47 Å². The molecule has 0 radical (unpaired) electrons. The van der Waals surface area contributed by atoms with Gasteiger partial charge >= 0.3 is 0 Å². The minimum Gasteiger partial charge on any atom is -0.491 e. The van der Waals surface area contributed by atoms with Gasteiger partial charge in [-0.05, 0) is 43.5 Å². The average molecular weight is 395 g/mol. The van der Waals surface area contributed by atoms with Crippen molar-refractivity contribution in [2.75, 3.05) is 39.4 Å². The maximum atomic E-state index is 12.9. The van der Waals surface area contributed by atoms with Gasteiger partial charge in [0.15, 0.2) is 0 Å². The Morgan fingerprint density at radius 1 is 1.10 bits per heavy atom. The molecule has 0 N–H and O–H groups in total. The van der Waals surface area contributed by atoms with Crippen molar-refractivity contribution in [3.8, 4) is 5.75 Å². The highest BCUT2D eigenvalue weighted by atomic mass is 16.5. The Morgan fingerprint density at radius 3 is 2.69 bits per heavy atom. The lowest BCUT2D eigenvalue weighted by Crippen LogP contribution is -2.48. The van der Waals surface area contributed by atoms with E-state index in [1.165, 1.54) is 11.1 Å². The van der Waals surface area contributed by atoms with E-state index in [0.717, 1.165) is 57.9 Å². The van der Waals surface area contributed by atoms with Gasteiger partial charge in [0.2, 0.25) is 0 Å². The van der Waals surface area contributed by atoms with Crippen molar-refractivity contribution in [1.82, 2.24) is 9.80 Å². The minimum atomic E-state index is 0.0859. The second-order valence-corrected chi connectivity index (χ2v) is 8.03. The van der Waals surface area contributed by atoms with Crippen LogP contribution < -0.4 is 4.74 Å². The zero-order chi connectivity index (χ0) is 20.1. The summed E-state index contributed by atoms with van der Waals surface area (Å²) in [5.41, 5.74) is 3.32. The lowest BCUT2D eigenvalue weighted by molar-refractivity contribution is 0.0625. The molecule has 0 spiro atoms. The molecule has 2 aliphatic rings. The van der Waals surface area contributed by atoms with Crippen LogP contribution in [0.1, 0.15) is 34.3 Å². The maximum absolute atomic E-state index is 12.9. The second-order valence-electron chi connectivity index (χ2n) is 8.03. The van der Waals surface area contributed by atoms with Crippen molar-refractivity contribution in [2.45, 2.75) is 32.4 Å². The first-order chi connectivity index (χ1) is 14.2. The first kappa shape index (κ1) is 19.9. The summed E-state index contributed by atoms with van der Waals surface area (Å²) in [7, 11) is 0. The Kier molecular flexibility index (Phi) is 6.47. The predicted octanol–water partition coefficient (Wildman–Crippen LogP) is 3.51. The van der Waals surface area contributed by atoms with Crippen LogP contribution in [0.2, 0.25) is 0 Å². The fraction of sp³-hybridized carbons (Fsp3) is 0.458. The number of hydrogen-bond acceptors (Lipinski definition) is 4. The average Bonchev–Trinajstić information content (AvgIpc) is 3.26. The maximum Gasteiger partial charge on any atom is 0.254 e. The van der Waals surface area contributed by atoms with Crippen LogP contribution in [0, 0.1) is 6.92 Å². The Bertz CT molecular complexity index is 824. The van der Waals surface area contributed by atoms with Crippen LogP contribution in [-0.4, -0.2) is 61.2 Å². The molecular formula is C24H30N2O3. The van der Waals surface area contributed by atoms with Crippen molar-refractivity contribution in [3.05, 3.63) is 65.2 Å². The van der Waals surface area contributed by atoms with Crippen molar-refractivity contribution >= 4 is 5.91 Å². The number of rotatable bonds is 6. The zero-order valence-corrected chi connectivity index (χ0v) is 17.2. The molecule has 0 aliphatic carbocycles. The summed E-state index contributed by atoms with van der Waals surface area (Å²) in [5.74, 6) is 0.826. The van der Waals surface area contributed by atoms with Crippen LogP contribution in [0.3, 0.4) is 0 Å². The van der Waals surface area contributed by atoms with Gasteiger partial charge in [-0.15, -0.1) is 0 Å². The number of aryl methyl sites for hydroxylation is 1. The molecule has 2 fully saturated rings. The van der Waals surface area contributed by atoms with Gasteiger partial charge in [-0.25, -0.2) is 0 Å². The molecular weight excluding hydrogens is 364 g/mol. The fourth-order valence-corrected chi connectivity index (χ4v) is 4.04. The first-order valence-electron chi connectivity index (χ1n) is 10.6. The smallest absolute Gasteiger partial charge is 0.254 e. The summed E-state index contributed by atoms with van der Waals surface area (Å²) in [6.45, 7) is 7.74. The summed E-state index contributed by atoms with van der Waals surface area (Å²) >= 11 is 0. The quantitative estimate of drug-likeness (QED) is 0.752. The molecule has 5 nitrogen and oxygen atoms in total. The lowest BCUT2D eigenvalue weighted by Gasteiger charge is -2.35. The third-order valence-corrected chi connectivity index (χ3v) is 5.69. The number of amides is 1. The van der Waals surface area contributed by atoms with Gasteiger partial charge in [-0.1, -0.05) is 35.9 Å². The summed E-state index contributed by atoms with van der Waals surface area (Å²) in [6.07, 6.45) is 2.32. The molecule has 2 aromatic rings. The Morgan fingerprint density at radius 2 is 1.93 bits per heavy atom. The van der Waals surface area contributed by atoms with Crippen LogP contribution in [0.15, 0.2) is 48.5 Å². The molecule has 1 amide bonds. The molecule has 1 unspecified atom stereocenters. The standard InChI is InChI=1S/C24H30N2O3/c1-19-5-2-6-20(15-19)17-25-10-12-26(13-11-25)24(27)21-7-3-8-22(16-21)29-18-23-9-4-14-28-23/h2-3,5-8,15-16,23H,4,9-14,17-18H2,1H3. The minimum absolute atomic E-state index is 0.0859. The van der Waals surface area contributed by atoms with Crippen molar-refractivity contribution in [2.24, 2.45) is 0 Å². The van der Waals surface area contributed by atoms with Crippen LogP contribution in [0.5, 0.6) is 5.75 Å². The molecule has 0 saturated carbocycles. The van der Waals surface area contributed by atoms with Crippen LogP contribution in [-0.2, 0) is 11.3 Å². The van der Waals surface area contributed by atoms with E-state index in [1.807, 2.05) is 29.2 Å². The van der Waals surface area contributed by atoms with Crippen molar-refractivity contribution < 1.29 is 14.3 Å². The summed E-state index contributed by atoms with van der Waals surface area (Å²) in [5, 5.41) is 0. The highest BCUT2D eigenvalue weighted by Gasteiger charge is 2.23. The first-order valence-corrected chi connectivity index (χ1v) is 10.6. The SMILES string of the molecule is Cc1cccc(CN2CCN(C(=O)c3cccc(OCC4CCCO4)c3)CC2)c1. The van der Waals surface area contributed by atoms with E-state index in [9.17, 15) is 4.79 Å². The molecule has 2 saturated heterocycles. The Labute approximate surface area is 173 Å². The molecule has 4 rings (SSSR count). The molecule has 0 bridgehead atoms. The van der Waals surface area contributed by atoms with Crippen LogP contribution in [0.25, 0.3) is 0 Å². The number of ether oxygens (including phenoxy) is 2. The highest BCUT2D eigenvalue weighted by molar-refractivity contribution is 5.94. The van der Waals surface area contributed by atoms with Gasteiger partial charge < -0.3 is 14.4 Å². The summed E-state index contributed by atoms with van der Waals surface area (Å²) in [4.78, 5) is 17.3. The third kappa shape index (κ3) is 5.37. The molecule has 5 heteroatoms. The number of piperazine rings is 1. The van der Waals surface area contributed by atoms with E-state index in [2.05, 4.69) is 36.1 Å². The normalized spacial score (nSPS) is 20.0. The lowest BCUT2D eigenvalue weighted by atomic mass is 10.1. The number of benzene rings is 2. The number of hydrogen-bond donors (Lipinski definition) is 0. The van der Waals surface area contributed by atoms with E-state index < -0.39 is 0 Å². The van der Waals surface area contributed by atoms with Crippen LogP contribution in [0.4, 0.5) is 0 Å². The predicted molar refractivity (Wildman–Crippen MR) is 113 cm³/mol. The monoisotopic (exact) mass is 394 g/mol. The molecule has 2 aliphatic heterocycles. The highest BCUT2D eigenvalue weighted by Crippen LogP contribution is 2.19. The van der Waals surface area contributed by atoms with Crippen LogP contribution >= 0.6 is 0 Å². The Balaban J connectivity index is 1.29. The Hall–Kier alpha value is -2.37. The largest absolute Gasteiger partial charge is 0.491 e. The molecule has 0 aromatic heterocycles. The third-order valence-electron chi connectivity index (χ3n) is 5.69. The fourth-order valence-electron chi connectivity index (χ4n) is 4.04. The summed E-state index contributed by atoms with van der Waals surface area (Å²) in [6, 6.07) is 16.2. The van der Waals surface area contributed by atoms with Crippen molar-refractivity contribution in [1.29, 1.82) is 0 Å². The van der Waals surface area contributed by atoms with Crippen molar-refractivity contribution in [3.63, 3.8) is 0 Å². The van der Waals surface area contributed by atoms with Gasteiger partial charge in [-0.2, -0.15) is 0 Å². The molecule has 2 heterocycles. The number of carbonyl (C=O) groups excluding carboxylic acids is 1. The molecule has 154 valence electrons. The van der Waals surface area contributed by atoms with Gasteiger partial charge in [0, 0.05) is 44.9 Å². The van der Waals surface area contributed by atoms with E-state index in [-0.39, 0.29) is 12.0 Å². The second kappa shape index (κ2) is 9.42. The van der Waals surface area contributed by atoms with E-state index in [0.29, 0.717) is 12.2 Å². The van der Waals surface area contributed by atoms with Gasteiger partial charge in [0.1, 0.15) is 12.4 Å². The van der Waals surface area contributed by atoms with E-state index >= 15 is 0 Å².